The van der Waals surface area contributed by atoms with Crippen LogP contribution < -0.4 is 24.8 Å². The number of carbonyl (C=O) groups is 1. The number of amides is 1. The highest BCUT2D eigenvalue weighted by molar-refractivity contribution is 5.94. The first kappa shape index (κ1) is 15.0. The summed E-state index contributed by atoms with van der Waals surface area (Å²) in [6.45, 7) is 2.95. The van der Waals surface area contributed by atoms with Crippen LogP contribution in [0.4, 0.5) is 11.4 Å². The van der Waals surface area contributed by atoms with Crippen molar-refractivity contribution in [3.05, 3.63) is 42.5 Å². The third kappa shape index (κ3) is 3.85. The summed E-state index contributed by atoms with van der Waals surface area (Å²) < 4.78 is 15.9. The number of carbonyl (C=O) groups excluding carboxylic acids is 1. The van der Waals surface area contributed by atoms with Gasteiger partial charge in [0.15, 0.2) is 11.5 Å². The Kier molecular flexibility index (Phi) is 4.52. The minimum absolute atomic E-state index is 0.141. The van der Waals surface area contributed by atoms with Gasteiger partial charge < -0.3 is 24.8 Å². The lowest BCUT2D eigenvalue weighted by Gasteiger charge is -2.09. The monoisotopic (exact) mass is 314 g/mol. The molecule has 0 aliphatic carbocycles. The standard InChI is InChI=1S/C17H18N2O4/c1-2-21-14-6-3-12(4-7-14)18-10-17(20)19-13-5-8-15-16(9-13)23-11-22-15/h3-9,18H,2,10-11H2,1H3,(H,19,20). The molecule has 2 N–H and O–H groups in total. The minimum Gasteiger partial charge on any atom is -0.494 e. The van der Waals surface area contributed by atoms with E-state index in [-0.39, 0.29) is 19.2 Å². The fourth-order valence-corrected chi connectivity index (χ4v) is 2.20. The summed E-state index contributed by atoms with van der Waals surface area (Å²) in [6, 6.07) is 12.8. The van der Waals surface area contributed by atoms with Crippen molar-refractivity contribution in [3.8, 4) is 17.2 Å². The molecule has 6 heteroatoms. The highest BCUT2D eigenvalue weighted by atomic mass is 16.7. The lowest BCUT2D eigenvalue weighted by atomic mass is 10.2. The Bertz CT molecular complexity index is 685. The van der Waals surface area contributed by atoms with E-state index < -0.39 is 0 Å². The zero-order valence-corrected chi connectivity index (χ0v) is 12.8. The Labute approximate surface area is 134 Å². The largest absolute Gasteiger partial charge is 0.494 e. The van der Waals surface area contributed by atoms with E-state index in [1.54, 1.807) is 18.2 Å². The molecule has 1 aliphatic rings. The molecular formula is C17H18N2O4. The van der Waals surface area contributed by atoms with E-state index in [0.29, 0.717) is 23.8 Å². The van der Waals surface area contributed by atoms with Crippen LogP contribution in [0.5, 0.6) is 17.2 Å². The van der Waals surface area contributed by atoms with Crippen LogP contribution in [0.15, 0.2) is 42.5 Å². The van der Waals surface area contributed by atoms with Crippen molar-refractivity contribution in [2.75, 3.05) is 30.6 Å². The first-order chi connectivity index (χ1) is 11.2. The van der Waals surface area contributed by atoms with Crippen LogP contribution in [0.1, 0.15) is 6.92 Å². The molecule has 120 valence electrons. The highest BCUT2D eigenvalue weighted by Gasteiger charge is 2.14. The molecule has 0 fully saturated rings. The van der Waals surface area contributed by atoms with Gasteiger partial charge in [0.25, 0.3) is 0 Å². The van der Waals surface area contributed by atoms with E-state index in [0.717, 1.165) is 11.4 Å². The molecular weight excluding hydrogens is 296 g/mol. The maximum absolute atomic E-state index is 12.0. The van der Waals surface area contributed by atoms with E-state index in [9.17, 15) is 4.79 Å². The van der Waals surface area contributed by atoms with Crippen molar-refractivity contribution in [1.82, 2.24) is 0 Å². The van der Waals surface area contributed by atoms with Gasteiger partial charge >= 0.3 is 0 Å². The van der Waals surface area contributed by atoms with Gasteiger partial charge in [0.2, 0.25) is 12.7 Å². The van der Waals surface area contributed by atoms with Gasteiger partial charge in [-0.05, 0) is 43.3 Å². The third-order valence-electron chi connectivity index (χ3n) is 3.27. The number of ether oxygens (including phenoxy) is 3. The predicted octanol–water partition coefficient (Wildman–Crippen LogP) is 2.86. The maximum Gasteiger partial charge on any atom is 0.243 e. The molecule has 0 atom stereocenters. The average molecular weight is 314 g/mol. The Balaban J connectivity index is 1.51. The molecule has 6 nitrogen and oxygen atoms in total. The molecule has 3 rings (SSSR count). The van der Waals surface area contributed by atoms with Crippen molar-refractivity contribution in [2.45, 2.75) is 6.92 Å². The Morgan fingerprint density at radius 1 is 1.09 bits per heavy atom. The second kappa shape index (κ2) is 6.91. The highest BCUT2D eigenvalue weighted by Crippen LogP contribution is 2.34. The average Bonchev–Trinajstić information content (AvgIpc) is 3.02. The minimum atomic E-state index is -0.141. The molecule has 0 saturated carbocycles. The molecule has 0 bridgehead atoms. The smallest absolute Gasteiger partial charge is 0.243 e. The summed E-state index contributed by atoms with van der Waals surface area (Å²) in [5.74, 6) is 2.00. The molecule has 0 unspecified atom stereocenters. The number of anilines is 2. The van der Waals surface area contributed by atoms with Gasteiger partial charge in [-0.25, -0.2) is 0 Å². The molecule has 2 aromatic rings. The van der Waals surface area contributed by atoms with Crippen molar-refractivity contribution in [2.24, 2.45) is 0 Å². The zero-order chi connectivity index (χ0) is 16.1. The Morgan fingerprint density at radius 3 is 2.61 bits per heavy atom. The van der Waals surface area contributed by atoms with E-state index >= 15 is 0 Å². The summed E-state index contributed by atoms with van der Waals surface area (Å²) in [6.07, 6.45) is 0. The normalized spacial score (nSPS) is 11.9. The van der Waals surface area contributed by atoms with E-state index in [2.05, 4.69) is 10.6 Å². The first-order valence-electron chi connectivity index (χ1n) is 7.41. The molecule has 1 amide bonds. The van der Waals surface area contributed by atoms with Crippen molar-refractivity contribution < 1.29 is 19.0 Å². The van der Waals surface area contributed by atoms with Crippen molar-refractivity contribution >= 4 is 17.3 Å². The van der Waals surface area contributed by atoms with Gasteiger partial charge in [-0.15, -0.1) is 0 Å². The summed E-state index contributed by atoms with van der Waals surface area (Å²) in [5.41, 5.74) is 1.53. The maximum atomic E-state index is 12.0. The summed E-state index contributed by atoms with van der Waals surface area (Å²) in [7, 11) is 0. The molecule has 0 spiro atoms. The Hall–Kier alpha value is -2.89. The number of hydrogen-bond donors (Lipinski definition) is 2. The summed E-state index contributed by atoms with van der Waals surface area (Å²) >= 11 is 0. The van der Waals surface area contributed by atoms with Crippen LogP contribution in [0.3, 0.4) is 0 Å². The van der Waals surface area contributed by atoms with Crippen molar-refractivity contribution in [1.29, 1.82) is 0 Å². The first-order valence-corrected chi connectivity index (χ1v) is 7.41. The topological polar surface area (TPSA) is 68.8 Å². The van der Waals surface area contributed by atoms with Gasteiger partial charge in [0, 0.05) is 17.4 Å². The van der Waals surface area contributed by atoms with Gasteiger partial charge in [-0.2, -0.15) is 0 Å². The van der Waals surface area contributed by atoms with Crippen LogP contribution in [-0.4, -0.2) is 25.9 Å². The van der Waals surface area contributed by atoms with Crippen LogP contribution in [0.2, 0.25) is 0 Å². The fourth-order valence-electron chi connectivity index (χ4n) is 2.20. The van der Waals surface area contributed by atoms with Gasteiger partial charge in [-0.3, -0.25) is 4.79 Å². The molecule has 0 saturated heterocycles. The SMILES string of the molecule is CCOc1ccc(NCC(=O)Nc2ccc3c(c2)OCO3)cc1. The molecule has 1 heterocycles. The number of hydrogen-bond acceptors (Lipinski definition) is 5. The number of rotatable bonds is 6. The molecule has 1 aliphatic heterocycles. The number of fused-ring (bicyclic) bond motifs is 1. The van der Waals surface area contributed by atoms with Crippen LogP contribution in [-0.2, 0) is 4.79 Å². The van der Waals surface area contributed by atoms with E-state index in [1.807, 2.05) is 31.2 Å². The third-order valence-corrected chi connectivity index (χ3v) is 3.27. The second-order valence-electron chi connectivity index (χ2n) is 4.93. The molecule has 23 heavy (non-hydrogen) atoms. The lowest BCUT2D eigenvalue weighted by Crippen LogP contribution is -2.21. The molecule has 0 aromatic heterocycles. The van der Waals surface area contributed by atoms with Crippen molar-refractivity contribution in [3.63, 3.8) is 0 Å². The number of nitrogens with one attached hydrogen (secondary N) is 2. The summed E-state index contributed by atoms with van der Waals surface area (Å²) in [5, 5.41) is 5.87. The predicted molar refractivity (Wildman–Crippen MR) is 87.3 cm³/mol. The van der Waals surface area contributed by atoms with Gasteiger partial charge in [-0.1, -0.05) is 0 Å². The fraction of sp³-hybridized carbons (Fsp3) is 0.235. The van der Waals surface area contributed by atoms with Crippen LogP contribution in [0.25, 0.3) is 0 Å². The van der Waals surface area contributed by atoms with Gasteiger partial charge in [0.05, 0.1) is 13.2 Å². The van der Waals surface area contributed by atoms with Gasteiger partial charge in [0.1, 0.15) is 5.75 Å². The lowest BCUT2D eigenvalue weighted by molar-refractivity contribution is -0.114. The quantitative estimate of drug-likeness (QED) is 0.858. The van der Waals surface area contributed by atoms with Crippen LogP contribution in [0, 0.1) is 0 Å². The van der Waals surface area contributed by atoms with E-state index in [1.165, 1.54) is 0 Å². The number of benzene rings is 2. The molecule has 0 radical (unpaired) electrons. The van der Waals surface area contributed by atoms with E-state index in [4.69, 9.17) is 14.2 Å². The summed E-state index contributed by atoms with van der Waals surface area (Å²) in [4.78, 5) is 12.0. The second-order valence-corrected chi connectivity index (χ2v) is 4.93. The van der Waals surface area contributed by atoms with Crippen LogP contribution >= 0.6 is 0 Å². The molecule has 2 aromatic carbocycles. The zero-order valence-electron chi connectivity index (χ0n) is 12.8. The Morgan fingerprint density at radius 2 is 1.83 bits per heavy atom.